The third-order valence-electron chi connectivity index (χ3n) is 4.81. The maximum atomic E-state index is 9.22. The molecule has 0 amide bonds. The Bertz CT molecular complexity index is 971. The molecule has 1 fully saturated rings. The van der Waals surface area contributed by atoms with Crippen LogP contribution in [0.5, 0.6) is 0 Å². The van der Waals surface area contributed by atoms with Crippen molar-refractivity contribution in [1.82, 2.24) is 9.97 Å². The molecule has 3 aromatic rings. The number of anilines is 5. The number of benzene rings is 2. The van der Waals surface area contributed by atoms with E-state index in [1.54, 1.807) is 12.3 Å². The van der Waals surface area contributed by atoms with Crippen LogP contribution in [0.2, 0.25) is 0 Å². The van der Waals surface area contributed by atoms with Crippen molar-refractivity contribution in [2.24, 2.45) is 0 Å². The van der Waals surface area contributed by atoms with Gasteiger partial charge in [-0.2, -0.15) is 10.2 Å². The Morgan fingerprint density at radius 2 is 1.68 bits per heavy atom. The van der Waals surface area contributed by atoms with Crippen molar-refractivity contribution >= 4 is 28.8 Å². The Balaban J connectivity index is 1.45. The molecule has 4 rings (SSSR count). The molecule has 1 saturated heterocycles. The minimum Gasteiger partial charge on any atom is -0.372 e. The highest BCUT2D eigenvalue weighted by molar-refractivity contribution is 5.65. The fourth-order valence-corrected chi connectivity index (χ4v) is 3.35. The molecular formula is C22H22N6. The lowest BCUT2D eigenvalue weighted by atomic mass is 10.1. The van der Waals surface area contributed by atoms with Crippen molar-refractivity contribution in [2.45, 2.75) is 19.3 Å². The molecule has 6 heteroatoms. The first-order chi connectivity index (χ1) is 13.8. The molecule has 0 spiro atoms. The van der Waals surface area contributed by atoms with Crippen molar-refractivity contribution < 1.29 is 0 Å². The zero-order valence-corrected chi connectivity index (χ0v) is 15.6. The first-order valence-corrected chi connectivity index (χ1v) is 9.53. The van der Waals surface area contributed by atoms with Gasteiger partial charge in [-0.15, -0.1) is 0 Å². The van der Waals surface area contributed by atoms with E-state index < -0.39 is 0 Å². The van der Waals surface area contributed by atoms with Gasteiger partial charge in [-0.05, 0) is 61.7 Å². The van der Waals surface area contributed by atoms with Crippen molar-refractivity contribution in [3.63, 3.8) is 0 Å². The third-order valence-corrected chi connectivity index (χ3v) is 4.81. The summed E-state index contributed by atoms with van der Waals surface area (Å²) in [5.41, 5.74) is 3.48. The maximum Gasteiger partial charge on any atom is 0.229 e. The quantitative estimate of drug-likeness (QED) is 0.670. The number of para-hydroxylation sites is 1. The van der Waals surface area contributed by atoms with Gasteiger partial charge in [0.2, 0.25) is 5.95 Å². The molecule has 1 aliphatic rings. The molecule has 2 aromatic carbocycles. The largest absolute Gasteiger partial charge is 0.372 e. The van der Waals surface area contributed by atoms with Crippen LogP contribution in [0.3, 0.4) is 0 Å². The van der Waals surface area contributed by atoms with Crippen LogP contribution in [-0.4, -0.2) is 23.1 Å². The normalized spacial score (nSPS) is 13.6. The summed E-state index contributed by atoms with van der Waals surface area (Å²) in [7, 11) is 0. The fourth-order valence-electron chi connectivity index (χ4n) is 3.35. The second-order valence-corrected chi connectivity index (χ2v) is 6.77. The lowest BCUT2D eigenvalue weighted by Gasteiger charge is -2.28. The summed E-state index contributed by atoms with van der Waals surface area (Å²) in [5, 5.41) is 15.6. The minimum absolute atomic E-state index is 0.442. The van der Waals surface area contributed by atoms with Crippen LogP contribution in [0.25, 0.3) is 0 Å². The Kier molecular flexibility index (Phi) is 5.34. The molecule has 2 heterocycles. The van der Waals surface area contributed by atoms with Crippen LogP contribution >= 0.6 is 0 Å². The molecule has 1 aliphatic heterocycles. The monoisotopic (exact) mass is 370 g/mol. The average molecular weight is 370 g/mol. The smallest absolute Gasteiger partial charge is 0.229 e. The van der Waals surface area contributed by atoms with E-state index in [0.717, 1.165) is 18.8 Å². The number of nitrogens with zero attached hydrogens (tertiary/aromatic N) is 4. The van der Waals surface area contributed by atoms with Crippen LogP contribution in [0.1, 0.15) is 24.8 Å². The minimum atomic E-state index is 0.442. The van der Waals surface area contributed by atoms with Gasteiger partial charge in [0.15, 0.2) is 0 Å². The standard InChI is InChI=1S/C22H22N6/c23-16-17-6-2-3-7-20(17)26-22-24-13-12-21(27-22)25-18-8-10-19(11-9-18)28-14-4-1-5-15-28/h2-3,6-13H,1,4-5,14-15H2,(H2,24,25,26,27). The number of rotatable bonds is 5. The predicted molar refractivity (Wildman–Crippen MR) is 112 cm³/mol. The molecule has 6 nitrogen and oxygen atoms in total. The number of hydrogen-bond acceptors (Lipinski definition) is 6. The Morgan fingerprint density at radius 3 is 2.46 bits per heavy atom. The summed E-state index contributed by atoms with van der Waals surface area (Å²) in [6, 6.07) is 19.7. The number of nitriles is 1. The SMILES string of the molecule is N#Cc1ccccc1Nc1nccc(Nc2ccc(N3CCCCC3)cc2)n1. The van der Waals surface area contributed by atoms with Crippen molar-refractivity contribution in [3.8, 4) is 6.07 Å². The van der Waals surface area contributed by atoms with Gasteiger partial charge < -0.3 is 15.5 Å². The molecular weight excluding hydrogens is 348 g/mol. The van der Waals surface area contributed by atoms with Gasteiger partial charge in [0.05, 0.1) is 11.3 Å². The van der Waals surface area contributed by atoms with Crippen molar-refractivity contribution in [2.75, 3.05) is 28.6 Å². The summed E-state index contributed by atoms with van der Waals surface area (Å²) in [4.78, 5) is 11.2. The molecule has 0 aliphatic carbocycles. The highest BCUT2D eigenvalue weighted by Crippen LogP contribution is 2.24. The molecule has 0 saturated carbocycles. The molecule has 0 radical (unpaired) electrons. The number of aromatic nitrogens is 2. The summed E-state index contributed by atoms with van der Waals surface area (Å²) in [6.07, 6.45) is 5.56. The predicted octanol–water partition coefficient (Wildman–Crippen LogP) is 4.83. The van der Waals surface area contributed by atoms with Crippen LogP contribution in [-0.2, 0) is 0 Å². The molecule has 140 valence electrons. The topological polar surface area (TPSA) is 76.9 Å². The number of nitrogens with one attached hydrogen (secondary N) is 2. The van der Waals surface area contributed by atoms with Crippen LogP contribution in [0.4, 0.5) is 28.8 Å². The number of hydrogen-bond donors (Lipinski definition) is 2. The first kappa shape index (κ1) is 17.8. The molecule has 0 bridgehead atoms. The highest BCUT2D eigenvalue weighted by atomic mass is 15.1. The molecule has 0 unspecified atom stereocenters. The van der Waals surface area contributed by atoms with E-state index >= 15 is 0 Å². The second kappa shape index (κ2) is 8.40. The van der Waals surface area contributed by atoms with Gasteiger partial charge in [-0.25, -0.2) is 4.98 Å². The lowest BCUT2D eigenvalue weighted by Crippen LogP contribution is -2.29. The fraction of sp³-hybridized carbons (Fsp3) is 0.227. The zero-order valence-electron chi connectivity index (χ0n) is 15.6. The van der Waals surface area contributed by atoms with E-state index in [1.165, 1.54) is 24.9 Å². The lowest BCUT2D eigenvalue weighted by molar-refractivity contribution is 0.578. The second-order valence-electron chi connectivity index (χ2n) is 6.77. The van der Waals surface area contributed by atoms with Crippen molar-refractivity contribution in [3.05, 3.63) is 66.4 Å². The molecule has 1 aromatic heterocycles. The van der Waals surface area contributed by atoms with Crippen LogP contribution in [0.15, 0.2) is 60.8 Å². The van der Waals surface area contributed by atoms with E-state index in [9.17, 15) is 5.26 Å². The third kappa shape index (κ3) is 4.21. The summed E-state index contributed by atoms with van der Waals surface area (Å²) in [5.74, 6) is 1.13. The van der Waals surface area contributed by atoms with Crippen molar-refractivity contribution in [1.29, 1.82) is 5.26 Å². The molecule has 0 atom stereocenters. The van der Waals surface area contributed by atoms with E-state index in [0.29, 0.717) is 23.0 Å². The zero-order chi connectivity index (χ0) is 19.2. The first-order valence-electron chi connectivity index (χ1n) is 9.53. The summed E-state index contributed by atoms with van der Waals surface area (Å²) < 4.78 is 0. The summed E-state index contributed by atoms with van der Waals surface area (Å²) >= 11 is 0. The van der Waals surface area contributed by atoms with Gasteiger partial charge in [0, 0.05) is 30.7 Å². The van der Waals surface area contributed by atoms with Crippen LogP contribution < -0.4 is 15.5 Å². The highest BCUT2D eigenvalue weighted by Gasteiger charge is 2.10. The van der Waals surface area contributed by atoms with Gasteiger partial charge in [-0.3, -0.25) is 0 Å². The van der Waals surface area contributed by atoms with Gasteiger partial charge in [-0.1, -0.05) is 12.1 Å². The van der Waals surface area contributed by atoms with E-state index in [4.69, 9.17) is 0 Å². The summed E-state index contributed by atoms with van der Waals surface area (Å²) in [6.45, 7) is 2.27. The van der Waals surface area contributed by atoms with E-state index in [2.05, 4.69) is 55.8 Å². The van der Waals surface area contributed by atoms with Gasteiger partial charge in [0.1, 0.15) is 11.9 Å². The van der Waals surface area contributed by atoms with Gasteiger partial charge in [0.25, 0.3) is 0 Å². The average Bonchev–Trinajstić information content (AvgIpc) is 2.76. The Morgan fingerprint density at radius 1 is 0.893 bits per heavy atom. The van der Waals surface area contributed by atoms with Gasteiger partial charge >= 0.3 is 0 Å². The Labute approximate surface area is 164 Å². The number of piperidine rings is 1. The van der Waals surface area contributed by atoms with Crippen LogP contribution in [0, 0.1) is 11.3 Å². The Hall–Kier alpha value is -3.59. The van der Waals surface area contributed by atoms with E-state index in [1.807, 2.05) is 24.3 Å². The molecule has 28 heavy (non-hydrogen) atoms. The maximum absolute atomic E-state index is 9.22. The van der Waals surface area contributed by atoms with E-state index in [-0.39, 0.29) is 0 Å². The molecule has 2 N–H and O–H groups in total.